The van der Waals surface area contributed by atoms with Gasteiger partial charge in [-0.3, -0.25) is 14.9 Å². The van der Waals surface area contributed by atoms with Crippen LogP contribution in [0.3, 0.4) is 0 Å². The number of carbonyl (C=O) groups is 2. The van der Waals surface area contributed by atoms with Crippen LogP contribution in [0.2, 0.25) is 5.02 Å². The predicted molar refractivity (Wildman–Crippen MR) is 92.0 cm³/mol. The molecule has 0 spiro atoms. The maximum atomic E-state index is 13.9. The van der Waals surface area contributed by atoms with E-state index in [0.29, 0.717) is 0 Å². The van der Waals surface area contributed by atoms with Crippen LogP contribution in [-0.2, 0) is 19.1 Å². The van der Waals surface area contributed by atoms with E-state index in [9.17, 15) is 22.8 Å². The first-order chi connectivity index (χ1) is 12.4. The Balaban J connectivity index is 2.57. The molecule has 0 radical (unpaired) electrons. The number of alkyl halides is 3. The molecule has 1 aromatic rings. The Morgan fingerprint density at radius 2 is 1.70 bits per heavy atom. The standard InChI is InChI=1S/C18H21ClF3NO4/c1-17(2,3)27-15(24)11-12(18(20,21)22)14(16(25)26-4)23-13(11)9-7-5-6-8-10(9)19/h5-8,11-14,23H,1-4H3/t11-,12-,13-,14-/m1/s1. The van der Waals surface area contributed by atoms with E-state index in [1.807, 2.05) is 0 Å². The summed E-state index contributed by atoms with van der Waals surface area (Å²) in [6, 6.07) is 3.28. The monoisotopic (exact) mass is 407 g/mol. The molecule has 1 aromatic carbocycles. The largest absolute Gasteiger partial charge is 0.468 e. The third-order valence-electron chi connectivity index (χ3n) is 4.22. The average Bonchev–Trinajstić information content (AvgIpc) is 2.93. The van der Waals surface area contributed by atoms with Gasteiger partial charge in [-0.2, -0.15) is 13.2 Å². The van der Waals surface area contributed by atoms with Crippen molar-refractivity contribution in [3.63, 3.8) is 0 Å². The summed E-state index contributed by atoms with van der Waals surface area (Å²) in [5.74, 6) is -6.19. The molecule has 0 unspecified atom stereocenters. The third-order valence-corrected chi connectivity index (χ3v) is 4.56. The lowest BCUT2D eigenvalue weighted by molar-refractivity contribution is -0.204. The van der Waals surface area contributed by atoms with Crippen molar-refractivity contribution in [3.05, 3.63) is 34.9 Å². The van der Waals surface area contributed by atoms with Gasteiger partial charge in [0, 0.05) is 11.1 Å². The summed E-state index contributed by atoms with van der Waals surface area (Å²) >= 11 is 6.14. The Morgan fingerprint density at radius 3 is 2.19 bits per heavy atom. The van der Waals surface area contributed by atoms with Crippen LogP contribution in [0.25, 0.3) is 0 Å². The molecule has 1 aliphatic rings. The van der Waals surface area contributed by atoms with Crippen molar-refractivity contribution in [2.24, 2.45) is 11.8 Å². The topological polar surface area (TPSA) is 64.6 Å². The zero-order valence-corrected chi connectivity index (χ0v) is 16.0. The normalized spacial score (nSPS) is 25.9. The number of halogens is 4. The fourth-order valence-electron chi connectivity index (χ4n) is 3.21. The Bertz CT molecular complexity index is 717. The van der Waals surface area contributed by atoms with Crippen LogP contribution in [0.5, 0.6) is 0 Å². The summed E-state index contributed by atoms with van der Waals surface area (Å²) in [5.41, 5.74) is -0.725. The van der Waals surface area contributed by atoms with E-state index in [2.05, 4.69) is 10.1 Å². The van der Waals surface area contributed by atoms with Crippen LogP contribution < -0.4 is 5.32 Å². The quantitative estimate of drug-likeness (QED) is 0.775. The van der Waals surface area contributed by atoms with Gasteiger partial charge < -0.3 is 9.47 Å². The van der Waals surface area contributed by atoms with Crippen molar-refractivity contribution in [2.75, 3.05) is 7.11 Å². The average molecular weight is 408 g/mol. The summed E-state index contributed by atoms with van der Waals surface area (Å²) in [6.07, 6.45) is -4.84. The molecule has 150 valence electrons. The summed E-state index contributed by atoms with van der Waals surface area (Å²) in [4.78, 5) is 24.7. The first kappa shape index (κ1) is 21.5. The predicted octanol–water partition coefficient (Wildman–Crippen LogP) is 3.66. The van der Waals surface area contributed by atoms with E-state index in [0.717, 1.165) is 7.11 Å². The molecule has 0 amide bonds. The first-order valence-electron chi connectivity index (χ1n) is 8.24. The SMILES string of the molecule is COC(=O)[C@@H]1N[C@H](c2ccccc2Cl)[C@H](C(=O)OC(C)(C)C)[C@H]1C(F)(F)F. The van der Waals surface area contributed by atoms with Crippen LogP contribution in [0, 0.1) is 11.8 Å². The van der Waals surface area contributed by atoms with Gasteiger partial charge in [-0.15, -0.1) is 0 Å². The minimum Gasteiger partial charge on any atom is -0.468 e. The molecule has 1 fully saturated rings. The van der Waals surface area contributed by atoms with Crippen molar-refractivity contribution >= 4 is 23.5 Å². The number of methoxy groups -OCH3 is 1. The fraction of sp³-hybridized carbons (Fsp3) is 0.556. The third kappa shape index (κ3) is 4.73. The summed E-state index contributed by atoms with van der Waals surface area (Å²) in [6.45, 7) is 4.66. The Labute approximate surface area is 160 Å². The second-order valence-corrected chi connectivity index (χ2v) is 7.70. The molecule has 9 heteroatoms. The maximum Gasteiger partial charge on any atom is 0.394 e. The van der Waals surface area contributed by atoms with Gasteiger partial charge in [0.25, 0.3) is 0 Å². The van der Waals surface area contributed by atoms with E-state index in [4.69, 9.17) is 16.3 Å². The highest BCUT2D eigenvalue weighted by molar-refractivity contribution is 6.31. The molecule has 5 nitrogen and oxygen atoms in total. The lowest BCUT2D eigenvalue weighted by Crippen LogP contribution is -2.45. The zero-order chi connectivity index (χ0) is 20.6. The van der Waals surface area contributed by atoms with Gasteiger partial charge >= 0.3 is 18.1 Å². The molecule has 2 rings (SSSR count). The van der Waals surface area contributed by atoms with E-state index in [1.54, 1.807) is 32.9 Å². The molecule has 0 bridgehead atoms. The molecule has 1 N–H and O–H groups in total. The second-order valence-electron chi connectivity index (χ2n) is 7.29. The molecule has 4 atom stereocenters. The number of carbonyl (C=O) groups excluding carboxylic acids is 2. The van der Waals surface area contributed by atoms with Crippen LogP contribution in [0.4, 0.5) is 13.2 Å². The van der Waals surface area contributed by atoms with Crippen LogP contribution in [0.1, 0.15) is 32.4 Å². The van der Waals surface area contributed by atoms with Gasteiger partial charge in [0.15, 0.2) is 0 Å². The van der Waals surface area contributed by atoms with Gasteiger partial charge in [-0.1, -0.05) is 29.8 Å². The first-order valence-corrected chi connectivity index (χ1v) is 8.62. The highest BCUT2D eigenvalue weighted by Gasteiger charge is 2.62. The second kappa shape index (κ2) is 7.67. The van der Waals surface area contributed by atoms with Crippen LogP contribution >= 0.6 is 11.6 Å². The lowest BCUT2D eigenvalue weighted by atomic mass is 9.83. The lowest BCUT2D eigenvalue weighted by Gasteiger charge is -2.29. The number of ether oxygens (including phenoxy) is 2. The van der Waals surface area contributed by atoms with Gasteiger partial charge in [0.05, 0.1) is 18.9 Å². The van der Waals surface area contributed by atoms with Crippen LogP contribution in [0.15, 0.2) is 24.3 Å². The van der Waals surface area contributed by atoms with Crippen molar-refractivity contribution in [2.45, 2.75) is 44.6 Å². The molecule has 0 aromatic heterocycles. The summed E-state index contributed by atoms with van der Waals surface area (Å²) in [7, 11) is 0.989. The van der Waals surface area contributed by atoms with E-state index in [1.165, 1.54) is 12.1 Å². The number of hydrogen-bond donors (Lipinski definition) is 1. The van der Waals surface area contributed by atoms with Gasteiger partial charge in [-0.25, -0.2) is 0 Å². The summed E-state index contributed by atoms with van der Waals surface area (Å²) < 4.78 is 51.3. The van der Waals surface area contributed by atoms with Gasteiger partial charge in [-0.05, 0) is 32.4 Å². The molecule has 1 saturated heterocycles. The maximum absolute atomic E-state index is 13.9. The van der Waals surface area contributed by atoms with Crippen molar-refractivity contribution < 1.29 is 32.2 Å². The van der Waals surface area contributed by atoms with Gasteiger partial charge in [0.2, 0.25) is 0 Å². The molecule has 1 aliphatic heterocycles. The minimum atomic E-state index is -4.84. The number of esters is 2. The summed E-state index contributed by atoms with van der Waals surface area (Å²) in [5, 5.41) is 2.77. The van der Waals surface area contributed by atoms with E-state index in [-0.39, 0.29) is 10.6 Å². The van der Waals surface area contributed by atoms with Crippen molar-refractivity contribution in [1.82, 2.24) is 5.32 Å². The smallest absolute Gasteiger partial charge is 0.394 e. The molecule has 1 heterocycles. The Hall–Kier alpha value is -1.80. The number of hydrogen-bond acceptors (Lipinski definition) is 5. The molecule has 27 heavy (non-hydrogen) atoms. The highest BCUT2D eigenvalue weighted by atomic mass is 35.5. The van der Waals surface area contributed by atoms with E-state index < -0.39 is 47.6 Å². The van der Waals surface area contributed by atoms with Crippen molar-refractivity contribution in [3.8, 4) is 0 Å². The van der Waals surface area contributed by atoms with Gasteiger partial charge in [0.1, 0.15) is 11.6 Å². The minimum absolute atomic E-state index is 0.176. The number of nitrogens with one attached hydrogen (secondary N) is 1. The molecule has 0 saturated carbocycles. The fourth-order valence-corrected chi connectivity index (χ4v) is 3.47. The Kier molecular flexibility index (Phi) is 6.11. The molecule has 0 aliphatic carbocycles. The highest BCUT2D eigenvalue weighted by Crippen LogP contribution is 2.48. The molecular weight excluding hydrogens is 387 g/mol. The Morgan fingerprint density at radius 1 is 1.11 bits per heavy atom. The molecular formula is C18H21ClF3NO4. The van der Waals surface area contributed by atoms with E-state index >= 15 is 0 Å². The van der Waals surface area contributed by atoms with Crippen LogP contribution in [-0.4, -0.2) is 36.9 Å². The zero-order valence-electron chi connectivity index (χ0n) is 15.3. The number of benzene rings is 1. The number of rotatable bonds is 3. The van der Waals surface area contributed by atoms with Crippen molar-refractivity contribution in [1.29, 1.82) is 0 Å².